The van der Waals surface area contributed by atoms with E-state index in [9.17, 15) is 0 Å². The highest BCUT2D eigenvalue weighted by Gasteiger charge is 2.26. The fraction of sp³-hybridized carbons (Fsp3) is 0.429. The van der Waals surface area contributed by atoms with Gasteiger partial charge in [0.25, 0.3) is 0 Å². The predicted molar refractivity (Wildman–Crippen MR) is 70.1 cm³/mol. The third kappa shape index (κ3) is 2.43. The van der Waals surface area contributed by atoms with Crippen LogP contribution in [-0.2, 0) is 5.41 Å². The molecule has 96 valence electrons. The Balaban J connectivity index is 2.26. The molecule has 0 bridgehead atoms. The summed E-state index contributed by atoms with van der Waals surface area (Å²) in [5, 5.41) is 8.17. The minimum atomic E-state index is -0.361. The molecular formula is C14H19N3O. The minimum absolute atomic E-state index is 0.109. The van der Waals surface area contributed by atoms with Crippen LogP contribution < -0.4 is 5.73 Å². The van der Waals surface area contributed by atoms with Crippen molar-refractivity contribution in [3.63, 3.8) is 0 Å². The van der Waals surface area contributed by atoms with E-state index in [-0.39, 0.29) is 11.5 Å². The van der Waals surface area contributed by atoms with Gasteiger partial charge < -0.3 is 10.2 Å². The Morgan fingerprint density at radius 2 is 1.89 bits per heavy atom. The fourth-order valence-corrected chi connectivity index (χ4v) is 1.59. The Morgan fingerprint density at radius 1 is 1.22 bits per heavy atom. The van der Waals surface area contributed by atoms with Crippen LogP contribution in [0.3, 0.4) is 0 Å². The number of hydrogen-bond acceptors (Lipinski definition) is 4. The number of nitrogens with zero attached hydrogens (tertiary/aromatic N) is 2. The Kier molecular flexibility index (Phi) is 3.48. The van der Waals surface area contributed by atoms with E-state index in [4.69, 9.17) is 10.2 Å². The summed E-state index contributed by atoms with van der Waals surface area (Å²) in [5.74, 6) is 1.11. The highest BCUT2D eigenvalue weighted by atomic mass is 16.4. The molecule has 0 aliphatic carbocycles. The second-order valence-corrected chi connectivity index (χ2v) is 5.07. The first-order valence-corrected chi connectivity index (χ1v) is 6.19. The van der Waals surface area contributed by atoms with Crippen LogP contribution in [0.15, 0.2) is 34.7 Å². The van der Waals surface area contributed by atoms with Gasteiger partial charge in [-0.2, -0.15) is 0 Å². The van der Waals surface area contributed by atoms with Crippen LogP contribution in [0.5, 0.6) is 0 Å². The number of nitrogens with two attached hydrogens (primary N) is 1. The monoisotopic (exact) mass is 245 g/mol. The van der Waals surface area contributed by atoms with Gasteiger partial charge in [0, 0.05) is 5.41 Å². The third-order valence-electron chi connectivity index (χ3n) is 3.33. The summed E-state index contributed by atoms with van der Waals surface area (Å²) in [6.07, 6.45) is 0.940. The van der Waals surface area contributed by atoms with Crippen molar-refractivity contribution in [3.8, 4) is 0 Å². The van der Waals surface area contributed by atoms with Crippen molar-refractivity contribution in [1.82, 2.24) is 10.2 Å². The minimum Gasteiger partial charge on any atom is -0.423 e. The van der Waals surface area contributed by atoms with E-state index >= 15 is 0 Å². The van der Waals surface area contributed by atoms with Gasteiger partial charge in [-0.05, 0) is 12.0 Å². The molecule has 2 aromatic rings. The second kappa shape index (κ2) is 4.90. The normalized spacial score (nSPS) is 13.6. The molecular weight excluding hydrogens is 226 g/mol. The molecule has 2 N–H and O–H groups in total. The average molecular weight is 245 g/mol. The zero-order valence-corrected chi connectivity index (χ0v) is 11.1. The molecule has 0 saturated heterocycles. The van der Waals surface area contributed by atoms with Crippen LogP contribution in [0.4, 0.5) is 0 Å². The first-order valence-electron chi connectivity index (χ1n) is 6.19. The summed E-state index contributed by atoms with van der Waals surface area (Å²) in [7, 11) is 0. The van der Waals surface area contributed by atoms with E-state index in [0.717, 1.165) is 12.0 Å². The Bertz CT molecular complexity index is 505. The van der Waals surface area contributed by atoms with Crippen LogP contribution in [0.25, 0.3) is 0 Å². The quantitative estimate of drug-likeness (QED) is 0.899. The maximum atomic E-state index is 6.12. The van der Waals surface area contributed by atoms with E-state index < -0.39 is 0 Å². The molecule has 0 radical (unpaired) electrons. The number of aromatic nitrogens is 2. The maximum absolute atomic E-state index is 6.12. The Labute approximate surface area is 107 Å². The molecule has 1 aromatic heterocycles. The van der Waals surface area contributed by atoms with E-state index in [0.29, 0.717) is 11.8 Å². The first-order chi connectivity index (χ1) is 8.54. The third-order valence-corrected chi connectivity index (χ3v) is 3.33. The highest BCUT2D eigenvalue weighted by molar-refractivity contribution is 5.23. The molecule has 18 heavy (non-hydrogen) atoms. The van der Waals surface area contributed by atoms with Crippen molar-refractivity contribution in [2.75, 3.05) is 0 Å². The lowest BCUT2D eigenvalue weighted by Gasteiger charge is -2.16. The number of benzene rings is 1. The average Bonchev–Trinajstić information content (AvgIpc) is 2.89. The molecule has 1 heterocycles. The number of rotatable bonds is 4. The van der Waals surface area contributed by atoms with Crippen molar-refractivity contribution in [3.05, 3.63) is 47.7 Å². The van der Waals surface area contributed by atoms with Crippen molar-refractivity contribution >= 4 is 0 Å². The summed E-state index contributed by atoms with van der Waals surface area (Å²) >= 11 is 0. The molecule has 0 aliphatic rings. The SMILES string of the molecule is CCC(C)(C)c1nnc(C(N)c2ccccc2)o1. The molecule has 1 unspecified atom stereocenters. The molecule has 0 aliphatic heterocycles. The van der Waals surface area contributed by atoms with Crippen molar-refractivity contribution in [2.24, 2.45) is 5.73 Å². The van der Waals surface area contributed by atoms with E-state index in [1.165, 1.54) is 0 Å². The maximum Gasteiger partial charge on any atom is 0.237 e. The van der Waals surface area contributed by atoms with Gasteiger partial charge >= 0.3 is 0 Å². The molecule has 0 saturated carbocycles. The summed E-state index contributed by atoms with van der Waals surface area (Å²) < 4.78 is 5.71. The molecule has 1 atom stereocenters. The summed E-state index contributed by atoms with van der Waals surface area (Å²) in [4.78, 5) is 0. The van der Waals surface area contributed by atoms with Gasteiger partial charge in [-0.25, -0.2) is 0 Å². The molecule has 4 nitrogen and oxygen atoms in total. The molecule has 0 amide bonds. The smallest absolute Gasteiger partial charge is 0.237 e. The highest BCUT2D eigenvalue weighted by Crippen LogP contribution is 2.27. The van der Waals surface area contributed by atoms with Gasteiger partial charge in [0.1, 0.15) is 6.04 Å². The largest absolute Gasteiger partial charge is 0.423 e. The summed E-state index contributed by atoms with van der Waals surface area (Å²) in [6, 6.07) is 9.40. The lowest BCUT2D eigenvalue weighted by molar-refractivity contribution is 0.339. The van der Waals surface area contributed by atoms with E-state index in [1.807, 2.05) is 30.3 Å². The Morgan fingerprint density at radius 3 is 2.50 bits per heavy atom. The van der Waals surface area contributed by atoms with Crippen molar-refractivity contribution < 1.29 is 4.42 Å². The molecule has 0 spiro atoms. The van der Waals surface area contributed by atoms with Crippen LogP contribution in [-0.4, -0.2) is 10.2 Å². The van der Waals surface area contributed by atoms with Gasteiger partial charge in [0.15, 0.2) is 0 Å². The molecule has 4 heteroatoms. The van der Waals surface area contributed by atoms with Gasteiger partial charge in [0.2, 0.25) is 11.8 Å². The van der Waals surface area contributed by atoms with Crippen molar-refractivity contribution in [1.29, 1.82) is 0 Å². The Hall–Kier alpha value is -1.68. The summed E-state index contributed by atoms with van der Waals surface area (Å²) in [6.45, 7) is 6.26. The zero-order valence-electron chi connectivity index (χ0n) is 11.1. The van der Waals surface area contributed by atoms with Crippen LogP contribution >= 0.6 is 0 Å². The lowest BCUT2D eigenvalue weighted by atomic mass is 9.90. The van der Waals surface area contributed by atoms with Crippen LogP contribution in [0.1, 0.15) is 50.6 Å². The standard InChI is InChI=1S/C14H19N3O/c1-4-14(2,3)13-17-16-12(18-13)11(15)10-8-6-5-7-9-10/h5-9,11H,4,15H2,1-3H3. The van der Waals surface area contributed by atoms with Gasteiger partial charge in [-0.15, -0.1) is 10.2 Å². The van der Waals surface area contributed by atoms with Gasteiger partial charge in [0.05, 0.1) is 0 Å². The fourth-order valence-electron chi connectivity index (χ4n) is 1.59. The van der Waals surface area contributed by atoms with E-state index in [2.05, 4.69) is 31.0 Å². The lowest BCUT2D eigenvalue weighted by Crippen LogP contribution is -2.16. The van der Waals surface area contributed by atoms with Crippen molar-refractivity contribution in [2.45, 2.75) is 38.6 Å². The van der Waals surface area contributed by atoms with E-state index in [1.54, 1.807) is 0 Å². The number of hydrogen-bond donors (Lipinski definition) is 1. The topological polar surface area (TPSA) is 64.9 Å². The van der Waals surface area contributed by atoms with Gasteiger partial charge in [-0.3, -0.25) is 0 Å². The molecule has 2 rings (SSSR count). The first kappa shape index (κ1) is 12.8. The predicted octanol–water partition coefficient (Wildman–Crippen LogP) is 2.81. The molecule has 1 aromatic carbocycles. The second-order valence-electron chi connectivity index (χ2n) is 5.07. The van der Waals surface area contributed by atoms with Gasteiger partial charge in [-0.1, -0.05) is 51.1 Å². The van der Waals surface area contributed by atoms with Crippen LogP contribution in [0.2, 0.25) is 0 Å². The zero-order chi connectivity index (χ0) is 13.2. The van der Waals surface area contributed by atoms with Crippen LogP contribution in [0, 0.1) is 0 Å². The molecule has 0 fully saturated rings. The summed E-state index contributed by atoms with van der Waals surface area (Å²) in [5.41, 5.74) is 6.98.